The molecular weight excluding hydrogens is 572 g/mol. The van der Waals surface area contributed by atoms with Crippen LogP contribution in [0, 0.1) is 5.82 Å². The summed E-state index contributed by atoms with van der Waals surface area (Å²) in [6.07, 6.45) is -5.41. The van der Waals surface area contributed by atoms with E-state index in [-0.39, 0.29) is 47.0 Å². The standard InChI is InChI=1S/C31H28F4N2O6/c1-18-25(26(38)20-8-6-5-7-9-20)30(31(33,34)35,29(40)37(18)15-14-19-10-12-22(32)13-11-19)36-28(39)21-16-23(41-2)27(43-4)24(17-21)42-3/h5-13,16-17H,14-15H2,1-4H3,(H,36,39)/t30-/m1/s1. The highest BCUT2D eigenvalue weighted by Gasteiger charge is 2.70. The van der Waals surface area contributed by atoms with Crippen LogP contribution in [-0.4, -0.2) is 62.1 Å². The monoisotopic (exact) mass is 600 g/mol. The second-order valence-corrected chi connectivity index (χ2v) is 9.60. The van der Waals surface area contributed by atoms with Crippen LogP contribution < -0.4 is 19.5 Å². The van der Waals surface area contributed by atoms with Crippen molar-refractivity contribution in [2.24, 2.45) is 0 Å². The number of halogens is 4. The maximum Gasteiger partial charge on any atom is 0.425 e. The molecule has 8 nitrogen and oxygen atoms in total. The van der Waals surface area contributed by atoms with Gasteiger partial charge in [0, 0.05) is 23.4 Å². The summed E-state index contributed by atoms with van der Waals surface area (Å²) in [6, 6.07) is 14.7. The molecule has 226 valence electrons. The molecule has 0 saturated carbocycles. The smallest absolute Gasteiger partial charge is 0.425 e. The molecule has 0 saturated heterocycles. The van der Waals surface area contributed by atoms with Crippen LogP contribution in [-0.2, 0) is 11.2 Å². The Morgan fingerprint density at radius 1 is 0.884 bits per heavy atom. The Hall–Kier alpha value is -4.87. The summed E-state index contributed by atoms with van der Waals surface area (Å²) in [5, 5.41) is 1.87. The zero-order chi connectivity index (χ0) is 31.5. The van der Waals surface area contributed by atoms with Crippen molar-refractivity contribution in [1.82, 2.24) is 10.2 Å². The van der Waals surface area contributed by atoms with Gasteiger partial charge >= 0.3 is 6.18 Å². The van der Waals surface area contributed by atoms with Crippen LogP contribution in [0.4, 0.5) is 17.6 Å². The molecular formula is C31H28F4N2O6. The maximum atomic E-state index is 15.3. The molecule has 4 rings (SSSR count). The molecule has 3 aromatic rings. The average molecular weight is 601 g/mol. The number of nitrogens with one attached hydrogen (secondary N) is 1. The van der Waals surface area contributed by atoms with E-state index in [0.29, 0.717) is 5.56 Å². The minimum Gasteiger partial charge on any atom is -0.493 e. The highest BCUT2D eigenvalue weighted by atomic mass is 19.4. The number of nitrogens with zero attached hydrogens (tertiary/aromatic N) is 1. The average Bonchev–Trinajstić information content (AvgIpc) is 3.21. The fraction of sp³-hybridized carbons (Fsp3) is 0.258. The van der Waals surface area contributed by atoms with Crippen molar-refractivity contribution in [1.29, 1.82) is 0 Å². The number of Topliss-reactive ketones (excluding diaryl/α,β-unsaturated/α-hetero) is 1. The van der Waals surface area contributed by atoms with E-state index >= 15 is 13.2 Å². The molecule has 43 heavy (non-hydrogen) atoms. The summed E-state index contributed by atoms with van der Waals surface area (Å²) >= 11 is 0. The van der Waals surface area contributed by atoms with Crippen molar-refractivity contribution in [2.75, 3.05) is 27.9 Å². The van der Waals surface area contributed by atoms with Crippen molar-refractivity contribution < 1.29 is 46.2 Å². The zero-order valence-electron chi connectivity index (χ0n) is 23.7. The molecule has 1 aliphatic rings. The number of amides is 2. The number of ketones is 1. The van der Waals surface area contributed by atoms with E-state index in [1.54, 1.807) is 6.07 Å². The molecule has 0 bridgehead atoms. The van der Waals surface area contributed by atoms with Crippen LogP contribution in [0.25, 0.3) is 0 Å². The van der Waals surface area contributed by atoms with E-state index in [1.807, 2.05) is 5.32 Å². The summed E-state index contributed by atoms with van der Waals surface area (Å²) in [7, 11) is 3.84. The van der Waals surface area contributed by atoms with E-state index in [9.17, 15) is 18.8 Å². The molecule has 0 aromatic heterocycles. The van der Waals surface area contributed by atoms with Gasteiger partial charge in [-0.3, -0.25) is 14.4 Å². The Kier molecular flexibility index (Phi) is 8.79. The lowest BCUT2D eigenvalue weighted by Crippen LogP contribution is -2.66. The maximum absolute atomic E-state index is 15.3. The number of benzene rings is 3. The predicted molar refractivity (Wildman–Crippen MR) is 148 cm³/mol. The van der Waals surface area contributed by atoms with Gasteiger partial charge in [0.25, 0.3) is 11.8 Å². The first-order valence-electron chi connectivity index (χ1n) is 13.0. The lowest BCUT2D eigenvalue weighted by atomic mass is 9.84. The quantitative estimate of drug-likeness (QED) is 0.257. The fourth-order valence-electron chi connectivity index (χ4n) is 5.00. The Bertz CT molecular complexity index is 1550. The topological polar surface area (TPSA) is 94.2 Å². The molecule has 0 unspecified atom stereocenters. The van der Waals surface area contributed by atoms with Gasteiger partial charge in [-0.1, -0.05) is 42.5 Å². The molecule has 1 atom stereocenters. The molecule has 0 fully saturated rings. The largest absolute Gasteiger partial charge is 0.493 e. The molecule has 1 N–H and O–H groups in total. The molecule has 0 radical (unpaired) electrons. The molecule has 2 amide bonds. The second kappa shape index (κ2) is 12.2. The Balaban J connectivity index is 1.85. The van der Waals surface area contributed by atoms with Gasteiger partial charge in [0.2, 0.25) is 11.3 Å². The van der Waals surface area contributed by atoms with E-state index in [4.69, 9.17) is 14.2 Å². The molecule has 1 heterocycles. The first-order chi connectivity index (χ1) is 20.4. The van der Waals surface area contributed by atoms with E-state index in [0.717, 1.165) is 17.0 Å². The summed E-state index contributed by atoms with van der Waals surface area (Å²) in [5.41, 5.74) is -4.85. The van der Waals surface area contributed by atoms with E-state index in [1.165, 1.54) is 76.8 Å². The van der Waals surface area contributed by atoms with Crippen LogP contribution in [0.3, 0.4) is 0 Å². The van der Waals surface area contributed by atoms with Gasteiger partial charge in [-0.2, -0.15) is 13.2 Å². The van der Waals surface area contributed by atoms with Gasteiger partial charge < -0.3 is 24.4 Å². The summed E-state index contributed by atoms with van der Waals surface area (Å²) < 4.78 is 74.9. The number of carbonyl (C=O) groups is 3. The van der Waals surface area contributed by atoms with Gasteiger partial charge in [0.15, 0.2) is 17.3 Å². The van der Waals surface area contributed by atoms with Gasteiger partial charge in [-0.25, -0.2) is 4.39 Å². The number of ether oxygens (including phenoxy) is 3. The number of alkyl halides is 3. The molecule has 3 aromatic carbocycles. The normalized spacial score (nSPS) is 16.7. The summed E-state index contributed by atoms with van der Waals surface area (Å²) in [6.45, 7) is 0.942. The van der Waals surface area contributed by atoms with Crippen LogP contribution >= 0.6 is 0 Å². The Morgan fingerprint density at radius 3 is 1.98 bits per heavy atom. The second-order valence-electron chi connectivity index (χ2n) is 9.60. The summed E-state index contributed by atoms with van der Waals surface area (Å²) in [5.74, 6) is -4.41. The molecule has 1 aliphatic heterocycles. The highest BCUT2D eigenvalue weighted by Crippen LogP contribution is 2.46. The summed E-state index contributed by atoms with van der Waals surface area (Å²) in [4.78, 5) is 42.0. The third kappa shape index (κ3) is 5.64. The van der Waals surface area contributed by atoms with Crippen LogP contribution in [0.5, 0.6) is 17.2 Å². The molecule has 0 aliphatic carbocycles. The number of hydrogen-bond donors (Lipinski definition) is 1. The minimum atomic E-state index is -5.45. The van der Waals surface area contributed by atoms with E-state index < -0.39 is 40.7 Å². The fourth-order valence-corrected chi connectivity index (χ4v) is 5.00. The van der Waals surface area contributed by atoms with Gasteiger partial charge in [-0.05, 0) is 43.2 Å². The van der Waals surface area contributed by atoms with Crippen LogP contribution in [0.1, 0.15) is 33.2 Å². The van der Waals surface area contributed by atoms with Gasteiger partial charge in [-0.15, -0.1) is 0 Å². The molecule has 0 spiro atoms. The Morgan fingerprint density at radius 2 is 1.47 bits per heavy atom. The van der Waals surface area contributed by atoms with Gasteiger partial charge in [0.1, 0.15) is 5.82 Å². The highest BCUT2D eigenvalue weighted by molar-refractivity contribution is 6.19. The lowest BCUT2D eigenvalue weighted by molar-refractivity contribution is -0.189. The number of methoxy groups -OCH3 is 3. The van der Waals surface area contributed by atoms with E-state index in [2.05, 4.69) is 0 Å². The molecule has 12 heteroatoms. The number of hydrogen-bond acceptors (Lipinski definition) is 6. The van der Waals surface area contributed by atoms with Gasteiger partial charge in [0.05, 0.1) is 26.9 Å². The predicted octanol–water partition coefficient (Wildman–Crippen LogP) is 5.12. The number of allylic oxidation sites excluding steroid dienone is 1. The van der Waals surface area contributed by atoms with Crippen molar-refractivity contribution in [3.05, 3.63) is 101 Å². The zero-order valence-corrected chi connectivity index (χ0v) is 23.7. The third-order valence-electron chi connectivity index (χ3n) is 7.16. The van der Waals surface area contributed by atoms with Crippen molar-refractivity contribution in [2.45, 2.75) is 25.1 Å². The number of rotatable bonds is 10. The first-order valence-corrected chi connectivity index (χ1v) is 13.0. The number of carbonyl (C=O) groups excluding carboxylic acids is 3. The van der Waals surface area contributed by atoms with Crippen molar-refractivity contribution >= 4 is 17.6 Å². The Labute approximate surface area is 244 Å². The third-order valence-corrected chi connectivity index (χ3v) is 7.16. The minimum absolute atomic E-state index is 0.0148. The SMILES string of the molecule is COc1cc(C(=O)N[C@@]2(C(F)(F)F)C(=O)N(CCc3ccc(F)cc3)C(C)=C2C(=O)c2ccccc2)cc(OC)c1OC. The van der Waals surface area contributed by atoms with Crippen LogP contribution in [0.2, 0.25) is 0 Å². The van der Waals surface area contributed by atoms with Crippen molar-refractivity contribution in [3.63, 3.8) is 0 Å². The lowest BCUT2D eigenvalue weighted by Gasteiger charge is -2.33. The van der Waals surface area contributed by atoms with Crippen LogP contribution in [0.15, 0.2) is 78.0 Å². The van der Waals surface area contributed by atoms with Crippen molar-refractivity contribution in [3.8, 4) is 17.2 Å². The first kappa shape index (κ1) is 31.1.